The van der Waals surface area contributed by atoms with Gasteiger partial charge in [0.05, 0.1) is 12.1 Å². The highest BCUT2D eigenvalue weighted by molar-refractivity contribution is 6.30. The van der Waals surface area contributed by atoms with Crippen molar-refractivity contribution in [1.82, 2.24) is 20.8 Å². The Morgan fingerprint density at radius 1 is 1.43 bits per heavy atom. The third-order valence-corrected chi connectivity index (χ3v) is 3.88. The summed E-state index contributed by atoms with van der Waals surface area (Å²) in [6, 6.07) is 6.81. The number of β-amino-alcohol motifs (C(OH)–C–C–N with tert-alkyl or cyclic N) is 1. The molecule has 3 rings (SSSR count). The van der Waals surface area contributed by atoms with Crippen LogP contribution in [0, 0.1) is 0 Å². The molecule has 3 N–H and O–H groups in total. The largest absolute Gasteiger partial charge is 0.392 e. The van der Waals surface area contributed by atoms with Crippen LogP contribution in [0.5, 0.6) is 0 Å². The van der Waals surface area contributed by atoms with Gasteiger partial charge in [-0.25, -0.2) is 0 Å². The lowest BCUT2D eigenvalue weighted by molar-refractivity contribution is -0.122. The van der Waals surface area contributed by atoms with E-state index in [1.807, 2.05) is 12.1 Å². The van der Waals surface area contributed by atoms with Crippen molar-refractivity contribution in [1.29, 1.82) is 0 Å². The molecule has 8 heteroatoms. The number of carbonyl (C=O) groups is 1. The molecule has 23 heavy (non-hydrogen) atoms. The summed E-state index contributed by atoms with van der Waals surface area (Å²) < 4.78 is 5.17. The Hall–Kier alpha value is -1.96. The second kappa shape index (κ2) is 7.08. The second-order valence-corrected chi connectivity index (χ2v) is 5.85. The number of amides is 1. The molecule has 0 spiro atoms. The van der Waals surface area contributed by atoms with Gasteiger partial charge < -0.3 is 20.3 Å². The number of benzene rings is 1. The summed E-state index contributed by atoms with van der Waals surface area (Å²) in [5.41, 5.74) is 0.817. The fraction of sp³-hybridized carbons (Fsp3) is 0.400. The highest BCUT2D eigenvalue weighted by Gasteiger charge is 2.27. The normalized spacial score (nSPS) is 20.6. The fourth-order valence-corrected chi connectivity index (χ4v) is 2.53. The first-order valence-electron chi connectivity index (χ1n) is 7.39. The van der Waals surface area contributed by atoms with Crippen molar-refractivity contribution >= 4 is 17.5 Å². The molecule has 122 valence electrons. The van der Waals surface area contributed by atoms with Crippen LogP contribution in [0.3, 0.4) is 0 Å². The predicted molar refractivity (Wildman–Crippen MR) is 83.9 cm³/mol. The van der Waals surface area contributed by atoms with Gasteiger partial charge in [0, 0.05) is 30.1 Å². The number of aliphatic hydroxyl groups excluding tert-OH is 1. The van der Waals surface area contributed by atoms with E-state index >= 15 is 0 Å². The standard InChI is InChI=1S/C15H17ClN4O3/c16-10-3-1-9(2-4-10)14-19-13(23-20-14)5-6-17-15(22)12-7-11(21)8-18-12/h1-4,11-12,18,21H,5-8H2,(H,17,22). The Kier molecular flexibility index (Phi) is 4.90. The van der Waals surface area contributed by atoms with Crippen molar-refractivity contribution in [3.63, 3.8) is 0 Å². The summed E-state index contributed by atoms with van der Waals surface area (Å²) in [5.74, 6) is 0.817. The van der Waals surface area contributed by atoms with Gasteiger partial charge in [-0.15, -0.1) is 0 Å². The van der Waals surface area contributed by atoms with Gasteiger partial charge >= 0.3 is 0 Å². The molecule has 1 aliphatic heterocycles. The number of rotatable bonds is 5. The molecule has 0 radical (unpaired) electrons. The molecule has 1 aromatic carbocycles. The van der Waals surface area contributed by atoms with Crippen LogP contribution in [0.4, 0.5) is 0 Å². The summed E-state index contributed by atoms with van der Waals surface area (Å²) in [7, 11) is 0. The van der Waals surface area contributed by atoms with Crippen LogP contribution in [0.2, 0.25) is 5.02 Å². The zero-order chi connectivity index (χ0) is 16.2. The fourth-order valence-electron chi connectivity index (χ4n) is 2.41. The first kappa shape index (κ1) is 15.9. The number of nitrogens with one attached hydrogen (secondary N) is 2. The van der Waals surface area contributed by atoms with Gasteiger partial charge in [-0.1, -0.05) is 16.8 Å². The zero-order valence-electron chi connectivity index (χ0n) is 12.3. The Balaban J connectivity index is 1.49. The number of nitrogens with zero attached hydrogens (tertiary/aromatic N) is 2. The molecular weight excluding hydrogens is 320 g/mol. The number of hydrogen-bond donors (Lipinski definition) is 3. The van der Waals surface area contributed by atoms with E-state index in [9.17, 15) is 9.90 Å². The molecule has 2 atom stereocenters. The van der Waals surface area contributed by atoms with E-state index < -0.39 is 6.10 Å². The smallest absolute Gasteiger partial charge is 0.237 e. The molecule has 0 saturated carbocycles. The number of halogens is 1. The Morgan fingerprint density at radius 2 is 2.22 bits per heavy atom. The lowest BCUT2D eigenvalue weighted by Crippen LogP contribution is -2.41. The van der Waals surface area contributed by atoms with Gasteiger partial charge in [0.15, 0.2) is 0 Å². The maximum Gasteiger partial charge on any atom is 0.237 e. The van der Waals surface area contributed by atoms with Gasteiger partial charge in [-0.05, 0) is 30.7 Å². The molecule has 0 aliphatic carbocycles. The van der Waals surface area contributed by atoms with Crippen LogP contribution in [0.15, 0.2) is 28.8 Å². The minimum absolute atomic E-state index is 0.126. The number of carbonyl (C=O) groups excluding carboxylic acids is 1. The lowest BCUT2D eigenvalue weighted by atomic mass is 10.2. The van der Waals surface area contributed by atoms with Crippen molar-refractivity contribution in [3.8, 4) is 11.4 Å². The van der Waals surface area contributed by atoms with Crippen LogP contribution >= 0.6 is 11.6 Å². The van der Waals surface area contributed by atoms with Crippen molar-refractivity contribution in [3.05, 3.63) is 35.2 Å². The minimum Gasteiger partial charge on any atom is -0.392 e. The van der Waals surface area contributed by atoms with E-state index in [0.29, 0.717) is 42.7 Å². The highest BCUT2D eigenvalue weighted by atomic mass is 35.5. The number of hydrogen-bond acceptors (Lipinski definition) is 6. The van der Waals surface area contributed by atoms with E-state index in [4.69, 9.17) is 16.1 Å². The van der Waals surface area contributed by atoms with E-state index in [1.165, 1.54) is 0 Å². The van der Waals surface area contributed by atoms with Crippen LogP contribution in [0.25, 0.3) is 11.4 Å². The van der Waals surface area contributed by atoms with Crippen LogP contribution in [-0.4, -0.2) is 46.4 Å². The van der Waals surface area contributed by atoms with Gasteiger partial charge in [0.2, 0.25) is 17.6 Å². The van der Waals surface area contributed by atoms with Crippen LogP contribution in [0.1, 0.15) is 12.3 Å². The Bertz CT molecular complexity index is 674. The van der Waals surface area contributed by atoms with Crippen molar-refractivity contribution < 1.29 is 14.4 Å². The lowest BCUT2D eigenvalue weighted by Gasteiger charge is -2.09. The van der Waals surface area contributed by atoms with Crippen molar-refractivity contribution in [2.75, 3.05) is 13.1 Å². The van der Waals surface area contributed by atoms with E-state index in [1.54, 1.807) is 12.1 Å². The predicted octanol–water partition coefficient (Wildman–Crippen LogP) is 0.771. The quantitative estimate of drug-likeness (QED) is 0.745. The average molecular weight is 337 g/mol. The molecule has 1 aliphatic rings. The van der Waals surface area contributed by atoms with Crippen LogP contribution < -0.4 is 10.6 Å². The van der Waals surface area contributed by atoms with E-state index in [-0.39, 0.29) is 11.9 Å². The molecule has 1 amide bonds. The second-order valence-electron chi connectivity index (χ2n) is 5.41. The monoisotopic (exact) mass is 336 g/mol. The first-order valence-corrected chi connectivity index (χ1v) is 7.77. The first-order chi connectivity index (χ1) is 11.1. The molecule has 2 unspecified atom stereocenters. The highest BCUT2D eigenvalue weighted by Crippen LogP contribution is 2.18. The molecule has 1 aromatic heterocycles. The zero-order valence-corrected chi connectivity index (χ0v) is 13.1. The Morgan fingerprint density at radius 3 is 2.91 bits per heavy atom. The molecule has 0 bridgehead atoms. The number of aliphatic hydroxyl groups is 1. The topological polar surface area (TPSA) is 100 Å². The summed E-state index contributed by atoms with van der Waals surface area (Å²) >= 11 is 5.84. The average Bonchev–Trinajstić information content (AvgIpc) is 3.17. The molecule has 1 saturated heterocycles. The van der Waals surface area contributed by atoms with E-state index in [0.717, 1.165) is 5.56 Å². The molecule has 1 fully saturated rings. The third-order valence-electron chi connectivity index (χ3n) is 3.63. The van der Waals surface area contributed by atoms with E-state index in [2.05, 4.69) is 20.8 Å². The van der Waals surface area contributed by atoms with Gasteiger partial charge in [-0.3, -0.25) is 4.79 Å². The SMILES string of the molecule is O=C(NCCc1nc(-c2ccc(Cl)cc2)no1)C1CC(O)CN1. The summed E-state index contributed by atoms with van der Waals surface area (Å²) in [6.45, 7) is 0.849. The molecule has 2 aromatic rings. The van der Waals surface area contributed by atoms with Gasteiger partial charge in [0.25, 0.3) is 0 Å². The van der Waals surface area contributed by atoms with Gasteiger partial charge in [-0.2, -0.15) is 4.98 Å². The summed E-state index contributed by atoms with van der Waals surface area (Å²) in [5, 5.41) is 19.7. The number of aromatic nitrogens is 2. The third kappa shape index (κ3) is 4.07. The Labute approximate surface area is 138 Å². The van der Waals surface area contributed by atoms with Crippen molar-refractivity contribution in [2.45, 2.75) is 25.0 Å². The summed E-state index contributed by atoms with van der Waals surface area (Å²) in [6.07, 6.45) is 0.429. The maximum atomic E-state index is 11.9. The van der Waals surface area contributed by atoms with Crippen LogP contribution in [-0.2, 0) is 11.2 Å². The summed E-state index contributed by atoms with van der Waals surface area (Å²) in [4.78, 5) is 16.2. The van der Waals surface area contributed by atoms with Gasteiger partial charge in [0.1, 0.15) is 0 Å². The molecule has 7 nitrogen and oxygen atoms in total. The maximum absolute atomic E-state index is 11.9. The molecular formula is C15H17ClN4O3. The molecule has 2 heterocycles. The van der Waals surface area contributed by atoms with Crippen molar-refractivity contribution in [2.24, 2.45) is 0 Å². The minimum atomic E-state index is -0.455.